The molecule has 0 bridgehead atoms. The highest BCUT2D eigenvalue weighted by Crippen LogP contribution is 2.27. The van der Waals surface area contributed by atoms with Crippen LogP contribution in [0.2, 0.25) is 0 Å². The summed E-state index contributed by atoms with van der Waals surface area (Å²) in [5.74, 6) is 1.29. The predicted octanol–water partition coefficient (Wildman–Crippen LogP) is 2.20. The number of fused-ring (bicyclic) bond motifs is 1. The molecule has 3 aromatic rings. The molecule has 1 aliphatic rings. The summed E-state index contributed by atoms with van der Waals surface area (Å²) in [4.78, 5) is 30.2. The maximum atomic E-state index is 11.4. The number of aromatic nitrogens is 4. The van der Waals surface area contributed by atoms with Crippen molar-refractivity contribution < 1.29 is 9.53 Å². The van der Waals surface area contributed by atoms with Gasteiger partial charge in [-0.1, -0.05) is 17.7 Å². The van der Waals surface area contributed by atoms with Gasteiger partial charge in [-0.2, -0.15) is 15.0 Å². The topological polar surface area (TPSA) is 108 Å². The summed E-state index contributed by atoms with van der Waals surface area (Å²) in [5.41, 5.74) is 3.32. The molecule has 9 nitrogen and oxygen atoms in total. The van der Waals surface area contributed by atoms with Gasteiger partial charge < -0.3 is 19.9 Å². The van der Waals surface area contributed by atoms with E-state index in [1.165, 1.54) is 12.5 Å². The number of rotatable bonds is 4. The lowest BCUT2D eigenvalue weighted by Crippen LogP contribution is -2.37. The lowest BCUT2D eigenvalue weighted by Gasteiger charge is -2.28. The smallest absolute Gasteiger partial charge is 0.233 e. The van der Waals surface area contributed by atoms with Gasteiger partial charge in [-0.15, -0.1) is 0 Å². The van der Waals surface area contributed by atoms with Gasteiger partial charge >= 0.3 is 0 Å². The molecule has 1 saturated heterocycles. The number of aromatic amines is 1. The molecule has 0 radical (unpaired) electrons. The van der Waals surface area contributed by atoms with Crippen molar-refractivity contribution in [3.8, 4) is 0 Å². The van der Waals surface area contributed by atoms with Crippen LogP contribution in [0.3, 0.4) is 0 Å². The second-order valence-electron chi connectivity index (χ2n) is 6.43. The summed E-state index contributed by atoms with van der Waals surface area (Å²) in [6, 6.07) is 8.03. The fourth-order valence-electron chi connectivity index (χ4n) is 2.93. The molecule has 0 spiro atoms. The number of imidazole rings is 1. The molecular weight excluding hydrogens is 346 g/mol. The summed E-state index contributed by atoms with van der Waals surface area (Å²) in [6.07, 6.45) is 0. The van der Waals surface area contributed by atoms with Crippen LogP contribution < -0.4 is 15.5 Å². The van der Waals surface area contributed by atoms with E-state index in [9.17, 15) is 4.79 Å². The van der Waals surface area contributed by atoms with Gasteiger partial charge in [-0.25, -0.2) is 0 Å². The molecule has 1 aliphatic heterocycles. The van der Waals surface area contributed by atoms with Gasteiger partial charge in [0.15, 0.2) is 11.5 Å². The molecule has 0 saturated carbocycles. The average Bonchev–Trinajstić information content (AvgIpc) is 3.05. The minimum Gasteiger partial charge on any atom is -0.378 e. The Kier molecular flexibility index (Phi) is 4.59. The van der Waals surface area contributed by atoms with Crippen LogP contribution in [0.25, 0.3) is 11.2 Å². The third kappa shape index (κ3) is 3.82. The zero-order valence-electron chi connectivity index (χ0n) is 15.2. The van der Waals surface area contributed by atoms with Crippen LogP contribution in [0, 0.1) is 6.92 Å². The highest BCUT2D eigenvalue weighted by molar-refractivity contribution is 5.91. The van der Waals surface area contributed by atoms with Crippen LogP contribution in [-0.4, -0.2) is 52.1 Å². The number of hydrogen-bond donors (Lipinski definition) is 3. The number of nitrogens with zero attached hydrogens (tertiary/aromatic N) is 4. The first-order valence-corrected chi connectivity index (χ1v) is 8.80. The first-order chi connectivity index (χ1) is 13.1. The van der Waals surface area contributed by atoms with E-state index < -0.39 is 0 Å². The zero-order chi connectivity index (χ0) is 18.8. The van der Waals surface area contributed by atoms with Crippen molar-refractivity contribution in [2.24, 2.45) is 0 Å². The summed E-state index contributed by atoms with van der Waals surface area (Å²) >= 11 is 0. The monoisotopic (exact) mass is 367 g/mol. The van der Waals surface area contributed by atoms with E-state index in [1.807, 2.05) is 31.2 Å². The summed E-state index contributed by atoms with van der Waals surface area (Å²) in [6.45, 7) is 6.15. The van der Waals surface area contributed by atoms with Crippen molar-refractivity contribution in [1.82, 2.24) is 19.9 Å². The summed E-state index contributed by atoms with van der Waals surface area (Å²) in [5, 5.41) is 5.89. The van der Waals surface area contributed by atoms with Gasteiger partial charge in [-0.05, 0) is 19.1 Å². The Bertz CT molecular complexity index is 962. The molecule has 3 heterocycles. The third-order valence-corrected chi connectivity index (χ3v) is 4.24. The van der Waals surface area contributed by atoms with E-state index in [1.54, 1.807) is 0 Å². The van der Waals surface area contributed by atoms with Crippen LogP contribution in [0.1, 0.15) is 12.5 Å². The number of hydrogen-bond acceptors (Lipinski definition) is 7. The quantitative estimate of drug-likeness (QED) is 0.649. The normalized spacial score (nSPS) is 14.4. The molecule has 1 fully saturated rings. The van der Waals surface area contributed by atoms with Crippen molar-refractivity contribution in [2.75, 3.05) is 41.8 Å². The molecule has 1 amide bonds. The Hall–Kier alpha value is -3.20. The van der Waals surface area contributed by atoms with Crippen molar-refractivity contribution in [3.63, 3.8) is 0 Å². The van der Waals surface area contributed by atoms with Gasteiger partial charge in [0.1, 0.15) is 5.52 Å². The number of carbonyl (C=O) groups excluding carboxylic acids is 1. The maximum absolute atomic E-state index is 11.4. The summed E-state index contributed by atoms with van der Waals surface area (Å²) < 4.78 is 5.43. The molecule has 1 aromatic carbocycles. The second-order valence-corrected chi connectivity index (χ2v) is 6.43. The number of benzene rings is 1. The highest BCUT2D eigenvalue weighted by Gasteiger charge is 2.20. The molecule has 0 aliphatic carbocycles. The molecule has 0 atom stereocenters. The van der Waals surface area contributed by atoms with E-state index in [0.717, 1.165) is 11.2 Å². The first-order valence-electron chi connectivity index (χ1n) is 8.80. The largest absolute Gasteiger partial charge is 0.378 e. The van der Waals surface area contributed by atoms with Gasteiger partial charge in [0.25, 0.3) is 0 Å². The van der Waals surface area contributed by atoms with Crippen molar-refractivity contribution in [2.45, 2.75) is 13.8 Å². The fraction of sp³-hybridized carbons (Fsp3) is 0.333. The molecule has 2 aromatic heterocycles. The van der Waals surface area contributed by atoms with Gasteiger partial charge in [0, 0.05) is 25.7 Å². The average molecular weight is 367 g/mol. The van der Waals surface area contributed by atoms with Crippen LogP contribution in [0.5, 0.6) is 0 Å². The molecule has 0 unspecified atom stereocenters. The Morgan fingerprint density at radius 1 is 1.15 bits per heavy atom. The van der Waals surface area contributed by atoms with Crippen LogP contribution in [0.4, 0.5) is 23.4 Å². The van der Waals surface area contributed by atoms with E-state index in [4.69, 9.17) is 4.74 Å². The number of nitrogens with one attached hydrogen (secondary N) is 3. The number of aryl methyl sites for hydroxylation is 1. The molecule has 27 heavy (non-hydrogen) atoms. The number of anilines is 4. The predicted molar refractivity (Wildman–Crippen MR) is 103 cm³/mol. The third-order valence-electron chi connectivity index (χ3n) is 4.24. The maximum Gasteiger partial charge on any atom is 0.233 e. The van der Waals surface area contributed by atoms with Crippen molar-refractivity contribution >= 4 is 40.5 Å². The van der Waals surface area contributed by atoms with Crippen LogP contribution in [0.15, 0.2) is 24.3 Å². The van der Waals surface area contributed by atoms with Crippen molar-refractivity contribution in [3.05, 3.63) is 29.8 Å². The Morgan fingerprint density at radius 2 is 1.89 bits per heavy atom. The number of carbonyl (C=O) groups is 1. The highest BCUT2D eigenvalue weighted by atomic mass is 16.5. The molecular formula is C18H21N7O2. The Labute approximate surface area is 156 Å². The lowest BCUT2D eigenvalue weighted by atomic mass is 10.2. The number of morpholine rings is 1. The van der Waals surface area contributed by atoms with Gasteiger partial charge in [-0.3, -0.25) is 10.1 Å². The number of amides is 1. The summed E-state index contributed by atoms with van der Waals surface area (Å²) in [7, 11) is 0. The zero-order valence-corrected chi connectivity index (χ0v) is 15.2. The first kappa shape index (κ1) is 17.2. The minimum absolute atomic E-state index is 0.226. The minimum atomic E-state index is -0.226. The Morgan fingerprint density at radius 3 is 2.59 bits per heavy atom. The lowest BCUT2D eigenvalue weighted by molar-refractivity contribution is -0.114. The molecule has 9 heteroatoms. The van der Waals surface area contributed by atoms with E-state index in [2.05, 4.69) is 35.5 Å². The molecule has 140 valence electrons. The fourth-order valence-corrected chi connectivity index (χ4v) is 2.93. The number of ether oxygens (including phenoxy) is 1. The second kappa shape index (κ2) is 7.20. The Balaban J connectivity index is 1.72. The van der Waals surface area contributed by atoms with E-state index in [0.29, 0.717) is 43.7 Å². The van der Waals surface area contributed by atoms with Crippen molar-refractivity contribution in [1.29, 1.82) is 0 Å². The van der Waals surface area contributed by atoms with E-state index >= 15 is 0 Å². The van der Waals surface area contributed by atoms with Gasteiger partial charge in [0.05, 0.1) is 13.2 Å². The standard InChI is InChI=1S/C18H21N7O2/c1-11-3-5-13(6-4-11)20-18-21-14-15(23-18)22-17(19-12(2)26)24-16(14)25-7-9-27-10-8-25/h3-6H,7-10H2,1-2H3,(H3,19,20,21,22,23,24,26). The van der Waals surface area contributed by atoms with Crippen LogP contribution >= 0.6 is 0 Å². The molecule has 4 rings (SSSR count). The van der Waals surface area contributed by atoms with Gasteiger partial charge in [0.2, 0.25) is 17.8 Å². The SMILES string of the molecule is CC(=O)Nc1nc(N2CCOCC2)c2[nH]c(Nc3ccc(C)cc3)nc2n1. The van der Waals surface area contributed by atoms with Crippen LogP contribution in [-0.2, 0) is 9.53 Å². The molecule has 3 N–H and O–H groups in total. The number of H-pyrrole nitrogens is 1. The van der Waals surface area contributed by atoms with E-state index in [-0.39, 0.29) is 11.9 Å².